The van der Waals surface area contributed by atoms with E-state index < -0.39 is 0 Å². The Morgan fingerprint density at radius 1 is 1.24 bits per heavy atom. The van der Waals surface area contributed by atoms with Gasteiger partial charge < -0.3 is 0 Å². The lowest BCUT2D eigenvalue weighted by atomic mass is 10.3. The molecule has 2 rings (SSSR count). The molecule has 0 aliphatic rings. The normalized spacial score (nSPS) is 10.5. The van der Waals surface area contributed by atoms with Crippen LogP contribution >= 0.6 is 23.4 Å². The summed E-state index contributed by atoms with van der Waals surface area (Å²) < 4.78 is 0. The summed E-state index contributed by atoms with van der Waals surface area (Å²) in [6, 6.07) is 1.74. The highest BCUT2D eigenvalue weighted by Gasteiger charge is 2.05. The minimum atomic E-state index is 0.467. The van der Waals surface area contributed by atoms with Gasteiger partial charge in [0, 0.05) is 24.9 Å². The van der Waals surface area contributed by atoms with E-state index in [9.17, 15) is 0 Å². The first-order chi connectivity index (χ1) is 8.28. The summed E-state index contributed by atoms with van der Waals surface area (Å²) in [5, 5.41) is 2.06. The Morgan fingerprint density at radius 3 is 2.82 bits per heavy atom. The third-order valence-electron chi connectivity index (χ3n) is 1.94. The lowest BCUT2D eigenvalue weighted by molar-refractivity contribution is 0.809. The van der Waals surface area contributed by atoms with Crippen molar-refractivity contribution in [3.05, 3.63) is 35.6 Å². The fourth-order valence-electron chi connectivity index (χ4n) is 1.27. The van der Waals surface area contributed by atoms with Gasteiger partial charge in [-0.1, -0.05) is 18.5 Å². The summed E-state index contributed by atoms with van der Waals surface area (Å²) in [4.78, 5) is 16.8. The molecule has 2 aromatic heterocycles. The highest BCUT2D eigenvalue weighted by atomic mass is 35.5. The van der Waals surface area contributed by atoms with E-state index in [2.05, 4.69) is 26.9 Å². The Morgan fingerprint density at radius 2 is 2.12 bits per heavy atom. The van der Waals surface area contributed by atoms with Gasteiger partial charge in [0.2, 0.25) is 0 Å². The lowest BCUT2D eigenvalue weighted by Crippen LogP contribution is -1.96. The van der Waals surface area contributed by atoms with Gasteiger partial charge in [-0.15, -0.1) is 0 Å². The maximum atomic E-state index is 5.95. The van der Waals surface area contributed by atoms with Crippen molar-refractivity contribution < 1.29 is 0 Å². The molecular formula is C11H11ClN4S. The van der Waals surface area contributed by atoms with Crippen LogP contribution in [0.5, 0.6) is 0 Å². The van der Waals surface area contributed by atoms with Gasteiger partial charge in [-0.05, 0) is 18.2 Å². The van der Waals surface area contributed by atoms with Crippen LogP contribution in [0.25, 0.3) is 0 Å². The maximum Gasteiger partial charge on any atom is 0.133 e. The molecule has 0 unspecified atom stereocenters. The first kappa shape index (κ1) is 12.3. The summed E-state index contributed by atoms with van der Waals surface area (Å²) >= 11 is 7.38. The molecule has 2 heterocycles. The second-order valence-electron chi connectivity index (χ2n) is 3.34. The first-order valence-corrected chi connectivity index (χ1v) is 6.44. The number of hydrogen-bond donors (Lipinski definition) is 0. The standard InChI is InChI=1S/C11H11ClN4S/c1-2-3-9-15-8(12)6-10(16-9)17-11-7-13-4-5-14-11/h4-7H,2-3H2,1H3. The average Bonchev–Trinajstić information content (AvgIpc) is 2.30. The van der Waals surface area contributed by atoms with Crippen LogP contribution in [0.1, 0.15) is 19.2 Å². The van der Waals surface area contributed by atoms with Gasteiger partial charge in [-0.2, -0.15) is 0 Å². The molecule has 0 spiro atoms. The fourth-order valence-corrected chi connectivity index (χ4v) is 2.30. The van der Waals surface area contributed by atoms with Crippen LogP contribution < -0.4 is 0 Å². The fraction of sp³-hybridized carbons (Fsp3) is 0.273. The molecule has 88 valence electrons. The predicted octanol–water partition coefficient (Wildman–Crippen LogP) is 3.02. The van der Waals surface area contributed by atoms with Crippen molar-refractivity contribution in [3.8, 4) is 0 Å². The molecule has 0 fully saturated rings. The highest BCUT2D eigenvalue weighted by Crippen LogP contribution is 2.25. The Bertz CT molecular complexity index is 492. The maximum absolute atomic E-state index is 5.95. The van der Waals surface area contributed by atoms with E-state index in [1.807, 2.05) is 0 Å². The monoisotopic (exact) mass is 266 g/mol. The van der Waals surface area contributed by atoms with Gasteiger partial charge in [0.1, 0.15) is 21.0 Å². The van der Waals surface area contributed by atoms with Crippen LogP contribution in [0.4, 0.5) is 0 Å². The van der Waals surface area contributed by atoms with Crippen molar-refractivity contribution in [3.63, 3.8) is 0 Å². The molecule has 17 heavy (non-hydrogen) atoms. The number of aromatic nitrogens is 4. The van der Waals surface area contributed by atoms with Crippen molar-refractivity contribution >= 4 is 23.4 Å². The molecule has 0 saturated carbocycles. The van der Waals surface area contributed by atoms with Gasteiger partial charge >= 0.3 is 0 Å². The van der Waals surface area contributed by atoms with Gasteiger partial charge in [0.05, 0.1) is 6.20 Å². The van der Waals surface area contributed by atoms with Gasteiger partial charge in [-0.25, -0.2) is 15.0 Å². The Hall–Kier alpha value is -1.20. The van der Waals surface area contributed by atoms with Crippen LogP contribution in [0.15, 0.2) is 34.7 Å². The first-order valence-electron chi connectivity index (χ1n) is 5.25. The van der Waals surface area contributed by atoms with Crippen molar-refractivity contribution in [1.29, 1.82) is 0 Å². The second-order valence-corrected chi connectivity index (χ2v) is 4.77. The minimum absolute atomic E-state index is 0.467. The minimum Gasteiger partial charge on any atom is -0.260 e. The van der Waals surface area contributed by atoms with E-state index in [0.717, 1.165) is 28.7 Å². The molecule has 0 amide bonds. The number of nitrogens with zero attached hydrogens (tertiary/aromatic N) is 4. The van der Waals surface area contributed by atoms with E-state index >= 15 is 0 Å². The average molecular weight is 267 g/mol. The largest absolute Gasteiger partial charge is 0.260 e. The van der Waals surface area contributed by atoms with Crippen molar-refractivity contribution in [2.24, 2.45) is 0 Å². The van der Waals surface area contributed by atoms with Crippen molar-refractivity contribution in [1.82, 2.24) is 19.9 Å². The van der Waals surface area contributed by atoms with Gasteiger partial charge in [0.15, 0.2) is 0 Å². The Labute approximate surface area is 109 Å². The molecule has 0 radical (unpaired) electrons. The number of aryl methyl sites for hydroxylation is 1. The topological polar surface area (TPSA) is 51.6 Å². The Balaban J connectivity index is 2.21. The molecule has 0 aromatic carbocycles. The number of rotatable bonds is 4. The van der Waals surface area contributed by atoms with E-state index in [1.54, 1.807) is 24.7 Å². The predicted molar refractivity (Wildman–Crippen MR) is 67.2 cm³/mol. The second kappa shape index (κ2) is 5.93. The molecular weight excluding hydrogens is 256 g/mol. The van der Waals surface area contributed by atoms with Crippen LogP contribution in [-0.4, -0.2) is 19.9 Å². The number of hydrogen-bond acceptors (Lipinski definition) is 5. The van der Waals surface area contributed by atoms with Gasteiger partial charge in [-0.3, -0.25) is 4.98 Å². The smallest absolute Gasteiger partial charge is 0.133 e. The molecule has 6 heteroatoms. The number of halogens is 1. The summed E-state index contributed by atoms with van der Waals surface area (Å²) in [5.41, 5.74) is 0. The highest BCUT2D eigenvalue weighted by molar-refractivity contribution is 7.99. The molecule has 0 saturated heterocycles. The quantitative estimate of drug-likeness (QED) is 0.796. The van der Waals surface area contributed by atoms with Crippen LogP contribution in [0, 0.1) is 0 Å². The molecule has 0 aliphatic heterocycles. The summed E-state index contributed by atoms with van der Waals surface area (Å²) in [5.74, 6) is 0.770. The van der Waals surface area contributed by atoms with E-state index in [1.165, 1.54) is 11.8 Å². The SMILES string of the molecule is CCCc1nc(Cl)cc(Sc2cnccn2)n1. The van der Waals surface area contributed by atoms with Gasteiger partial charge in [0.25, 0.3) is 0 Å². The zero-order chi connectivity index (χ0) is 12.1. The lowest BCUT2D eigenvalue weighted by Gasteiger charge is -2.03. The zero-order valence-electron chi connectivity index (χ0n) is 9.30. The molecule has 0 aliphatic carbocycles. The van der Waals surface area contributed by atoms with Crippen LogP contribution in [-0.2, 0) is 6.42 Å². The molecule has 0 atom stereocenters. The van der Waals surface area contributed by atoms with Crippen LogP contribution in [0.2, 0.25) is 5.15 Å². The van der Waals surface area contributed by atoms with Crippen LogP contribution in [0.3, 0.4) is 0 Å². The summed E-state index contributed by atoms with van der Waals surface area (Å²) in [6.45, 7) is 2.08. The van der Waals surface area contributed by atoms with E-state index in [0.29, 0.717) is 5.15 Å². The molecule has 0 bridgehead atoms. The van der Waals surface area contributed by atoms with Crippen molar-refractivity contribution in [2.75, 3.05) is 0 Å². The summed E-state index contributed by atoms with van der Waals surface area (Å²) in [6.07, 6.45) is 6.81. The van der Waals surface area contributed by atoms with E-state index in [-0.39, 0.29) is 0 Å². The third-order valence-corrected chi connectivity index (χ3v) is 2.97. The molecule has 2 aromatic rings. The Kier molecular flexibility index (Phi) is 4.28. The third kappa shape index (κ3) is 3.64. The molecule has 4 nitrogen and oxygen atoms in total. The summed E-state index contributed by atoms with van der Waals surface area (Å²) in [7, 11) is 0. The van der Waals surface area contributed by atoms with Crippen molar-refractivity contribution in [2.45, 2.75) is 29.8 Å². The zero-order valence-corrected chi connectivity index (χ0v) is 10.9. The van der Waals surface area contributed by atoms with E-state index in [4.69, 9.17) is 11.6 Å². The molecule has 0 N–H and O–H groups in total.